The van der Waals surface area contributed by atoms with Crippen molar-refractivity contribution in [2.75, 3.05) is 0 Å². The Morgan fingerprint density at radius 3 is 1.95 bits per heavy atom. The molecule has 0 aromatic heterocycles. The fourth-order valence-electron chi connectivity index (χ4n) is 5.00. The molecule has 0 heterocycles. The van der Waals surface area contributed by atoms with Gasteiger partial charge in [0.1, 0.15) is 0 Å². The van der Waals surface area contributed by atoms with Gasteiger partial charge in [-0.15, -0.1) is 0 Å². The Morgan fingerprint density at radius 1 is 0.895 bits per heavy atom. The predicted molar refractivity (Wildman–Crippen MR) is 78.9 cm³/mol. The van der Waals surface area contributed by atoms with Crippen LogP contribution in [0.4, 0.5) is 0 Å². The average Bonchev–Trinajstić information content (AvgIpc) is 2.36. The number of halogens is 1. The van der Waals surface area contributed by atoms with E-state index in [1.165, 1.54) is 38.5 Å². The van der Waals surface area contributed by atoms with E-state index in [4.69, 9.17) is 11.6 Å². The van der Waals surface area contributed by atoms with Crippen molar-refractivity contribution in [3.63, 3.8) is 0 Å². The number of benzene rings is 1. The maximum absolute atomic E-state index is 5.92. The van der Waals surface area contributed by atoms with Crippen LogP contribution in [0.25, 0.3) is 0 Å². The summed E-state index contributed by atoms with van der Waals surface area (Å²) in [6, 6.07) is 7.95. The number of rotatable bonds is 0. The van der Waals surface area contributed by atoms with Crippen molar-refractivity contribution in [2.24, 2.45) is 23.2 Å². The number of hydrogen-bond donors (Lipinski definition) is 0. The van der Waals surface area contributed by atoms with Crippen molar-refractivity contribution >= 4 is 11.6 Å². The summed E-state index contributed by atoms with van der Waals surface area (Å²) in [5, 5.41) is 0.792. The highest BCUT2D eigenvalue weighted by Gasteiger charge is 2.50. The molecule has 4 bridgehead atoms. The van der Waals surface area contributed by atoms with Crippen molar-refractivity contribution in [1.82, 2.24) is 0 Å². The highest BCUT2D eigenvalue weighted by atomic mass is 35.5. The van der Waals surface area contributed by atoms with Gasteiger partial charge >= 0.3 is 0 Å². The second kappa shape index (κ2) is 4.29. The first-order valence-electron chi connectivity index (χ1n) is 7.50. The third-order valence-electron chi connectivity index (χ3n) is 5.35. The van der Waals surface area contributed by atoms with E-state index in [2.05, 4.69) is 11.8 Å². The van der Waals surface area contributed by atoms with Gasteiger partial charge < -0.3 is 0 Å². The highest BCUT2D eigenvalue weighted by Crippen LogP contribution is 2.59. The zero-order valence-electron chi connectivity index (χ0n) is 11.2. The van der Waals surface area contributed by atoms with Crippen molar-refractivity contribution in [3.8, 4) is 11.8 Å². The van der Waals surface area contributed by atoms with Gasteiger partial charge in [-0.05, 0) is 80.5 Å². The van der Waals surface area contributed by atoms with Crippen LogP contribution in [0.1, 0.15) is 44.1 Å². The summed E-state index contributed by atoms with van der Waals surface area (Å²) in [6.45, 7) is 0. The van der Waals surface area contributed by atoms with E-state index in [9.17, 15) is 0 Å². The molecule has 98 valence electrons. The molecule has 0 saturated heterocycles. The largest absolute Gasteiger partial charge is 0.0911 e. The second-order valence-electron chi connectivity index (χ2n) is 6.95. The fourth-order valence-corrected chi connectivity index (χ4v) is 5.13. The molecule has 1 aromatic carbocycles. The van der Waals surface area contributed by atoms with Crippen LogP contribution in [-0.4, -0.2) is 0 Å². The van der Waals surface area contributed by atoms with Gasteiger partial charge in [0.25, 0.3) is 0 Å². The molecule has 19 heavy (non-hydrogen) atoms. The summed E-state index contributed by atoms with van der Waals surface area (Å²) >= 11 is 5.92. The normalized spacial score (nSPS) is 38.9. The molecule has 0 spiro atoms. The maximum Gasteiger partial charge on any atom is 0.0406 e. The lowest BCUT2D eigenvalue weighted by molar-refractivity contribution is -0.0181. The molecule has 0 atom stereocenters. The summed E-state index contributed by atoms with van der Waals surface area (Å²) in [6.07, 6.45) is 8.55. The number of hydrogen-bond acceptors (Lipinski definition) is 0. The summed E-state index contributed by atoms with van der Waals surface area (Å²) < 4.78 is 0. The molecular formula is C18H19Cl. The van der Waals surface area contributed by atoms with E-state index >= 15 is 0 Å². The van der Waals surface area contributed by atoms with Gasteiger partial charge in [-0.2, -0.15) is 0 Å². The maximum atomic E-state index is 5.92. The van der Waals surface area contributed by atoms with E-state index in [1.807, 2.05) is 24.3 Å². The predicted octanol–water partition coefficient (Wildman–Crippen LogP) is 4.91. The van der Waals surface area contributed by atoms with E-state index in [0.717, 1.165) is 28.3 Å². The summed E-state index contributed by atoms with van der Waals surface area (Å²) in [5.41, 5.74) is 1.47. The van der Waals surface area contributed by atoms with Crippen molar-refractivity contribution in [3.05, 3.63) is 34.9 Å². The monoisotopic (exact) mass is 270 g/mol. The third kappa shape index (κ3) is 2.19. The van der Waals surface area contributed by atoms with Gasteiger partial charge in [0.2, 0.25) is 0 Å². The van der Waals surface area contributed by atoms with Crippen molar-refractivity contribution in [2.45, 2.75) is 38.5 Å². The molecule has 1 heteroatoms. The van der Waals surface area contributed by atoms with Crippen LogP contribution in [0.3, 0.4) is 0 Å². The Balaban J connectivity index is 1.61. The minimum Gasteiger partial charge on any atom is -0.0911 e. The first kappa shape index (κ1) is 11.9. The smallest absolute Gasteiger partial charge is 0.0406 e. The molecule has 4 saturated carbocycles. The van der Waals surface area contributed by atoms with Gasteiger partial charge in [0, 0.05) is 16.0 Å². The van der Waals surface area contributed by atoms with Gasteiger partial charge in [0.15, 0.2) is 0 Å². The van der Waals surface area contributed by atoms with E-state index in [-0.39, 0.29) is 0 Å². The molecule has 0 radical (unpaired) electrons. The minimum atomic E-state index is 0.356. The summed E-state index contributed by atoms with van der Waals surface area (Å²) in [5.74, 6) is 10.0. The molecular weight excluding hydrogens is 252 g/mol. The van der Waals surface area contributed by atoms with E-state index < -0.39 is 0 Å². The van der Waals surface area contributed by atoms with Crippen LogP contribution in [0.2, 0.25) is 5.02 Å². The zero-order chi connectivity index (χ0) is 12.9. The molecule has 5 rings (SSSR count). The quantitative estimate of drug-likeness (QED) is 0.588. The van der Waals surface area contributed by atoms with Crippen LogP contribution >= 0.6 is 11.6 Å². The molecule has 0 unspecified atom stereocenters. The molecule has 0 aliphatic heterocycles. The van der Waals surface area contributed by atoms with Crippen LogP contribution in [-0.2, 0) is 0 Å². The van der Waals surface area contributed by atoms with E-state index in [0.29, 0.717) is 5.41 Å². The Kier molecular flexibility index (Phi) is 2.68. The van der Waals surface area contributed by atoms with Crippen LogP contribution < -0.4 is 0 Å². The topological polar surface area (TPSA) is 0 Å². The summed E-state index contributed by atoms with van der Waals surface area (Å²) in [7, 11) is 0. The lowest BCUT2D eigenvalue weighted by Crippen LogP contribution is -2.45. The Bertz CT molecular complexity index is 508. The minimum absolute atomic E-state index is 0.356. The molecule has 4 aliphatic rings. The summed E-state index contributed by atoms with van der Waals surface area (Å²) in [4.78, 5) is 0. The second-order valence-corrected chi connectivity index (χ2v) is 7.39. The van der Waals surface area contributed by atoms with Gasteiger partial charge in [-0.1, -0.05) is 23.4 Å². The zero-order valence-corrected chi connectivity index (χ0v) is 11.9. The lowest BCUT2D eigenvalue weighted by Gasteiger charge is -2.54. The molecule has 1 aromatic rings. The van der Waals surface area contributed by atoms with Gasteiger partial charge in [-0.3, -0.25) is 0 Å². The van der Waals surface area contributed by atoms with Crippen LogP contribution in [0.5, 0.6) is 0 Å². The molecule has 0 N–H and O–H groups in total. The van der Waals surface area contributed by atoms with Crippen molar-refractivity contribution < 1.29 is 0 Å². The lowest BCUT2D eigenvalue weighted by atomic mass is 9.50. The molecule has 0 nitrogen and oxygen atoms in total. The van der Waals surface area contributed by atoms with Crippen LogP contribution in [0, 0.1) is 35.0 Å². The first-order chi connectivity index (χ1) is 9.21. The Hall–Kier alpha value is -0.930. The fraction of sp³-hybridized carbons (Fsp3) is 0.556. The molecule has 4 fully saturated rings. The van der Waals surface area contributed by atoms with Gasteiger partial charge in [-0.25, -0.2) is 0 Å². The average molecular weight is 271 g/mol. The van der Waals surface area contributed by atoms with Crippen molar-refractivity contribution in [1.29, 1.82) is 0 Å². The van der Waals surface area contributed by atoms with Crippen LogP contribution in [0.15, 0.2) is 24.3 Å². The standard InChI is InChI=1S/C18H19Cl/c19-17-3-1-13(2-4-17)5-6-18-10-14-7-15(11-18)9-16(8-14)12-18/h1-4,14-16H,7-12H2. The van der Waals surface area contributed by atoms with Gasteiger partial charge in [0.05, 0.1) is 0 Å². The first-order valence-corrected chi connectivity index (χ1v) is 7.87. The SMILES string of the molecule is Clc1ccc(C#CC23CC4CC(CC(C4)C2)C3)cc1. The Morgan fingerprint density at radius 2 is 1.42 bits per heavy atom. The third-order valence-corrected chi connectivity index (χ3v) is 5.61. The highest BCUT2D eigenvalue weighted by molar-refractivity contribution is 6.30. The molecule has 4 aliphatic carbocycles. The Labute approximate surface area is 120 Å². The molecule has 0 amide bonds. The van der Waals surface area contributed by atoms with E-state index in [1.54, 1.807) is 0 Å².